The third-order valence-corrected chi connectivity index (χ3v) is 4.39. The molecule has 3 nitrogen and oxygen atoms in total. The summed E-state index contributed by atoms with van der Waals surface area (Å²) in [5.41, 5.74) is -0.238. The van der Waals surface area contributed by atoms with Crippen molar-refractivity contribution in [3.05, 3.63) is 45.6 Å². The van der Waals surface area contributed by atoms with Crippen LogP contribution < -0.4 is 9.64 Å². The number of hydrogen-bond donors (Lipinski definition) is 1. The van der Waals surface area contributed by atoms with Gasteiger partial charge in [0.15, 0.2) is 11.9 Å². The van der Waals surface area contributed by atoms with Gasteiger partial charge in [-0.15, -0.1) is 24.5 Å². The quantitative estimate of drug-likeness (QED) is 0.651. The molecule has 1 unspecified atom stereocenters. The molecule has 0 radical (unpaired) electrons. The highest BCUT2D eigenvalue weighted by Crippen LogP contribution is 2.35. The molecule has 2 rings (SSSR count). The van der Waals surface area contributed by atoms with Crippen molar-refractivity contribution < 1.29 is 36.2 Å². The minimum atomic E-state index is -5.02. The van der Waals surface area contributed by atoms with E-state index in [2.05, 4.69) is 4.74 Å². The molecule has 26 heavy (non-hydrogen) atoms. The van der Waals surface area contributed by atoms with Gasteiger partial charge in [0.05, 0.1) is 23.1 Å². The Hall–Kier alpha value is -1.65. The number of hydrogen-bond acceptors (Lipinski definition) is 4. The molecule has 0 saturated carbocycles. The van der Waals surface area contributed by atoms with E-state index in [1.54, 1.807) is 0 Å². The molecule has 0 spiro atoms. The fourth-order valence-electron chi connectivity index (χ4n) is 2.11. The Labute approximate surface area is 153 Å². The number of aliphatic hydroxyl groups excluding tert-OH is 1. The third kappa shape index (κ3) is 5.96. The van der Waals surface area contributed by atoms with Gasteiger partial charge in [0.25, 0.3) is 0 Å². The van der Waals surface area contributed by atoms with Gasteiger partial charge in [0, 0.05) is 4.88 Å². The molecular formula is C15H12ClF6NO2S. The Bertz CT molecular complexity index is 733. The summed E-state index contributed by atoms with van der Waals surface area (Å²) in [5.74, 6) is -0.669. The first-order chi connectivity index (χ1) is 12.0. The zero-order chi connectivity index (χ0) is 19.5. The molecule has 1 heterocycles. The smallest absolute Gasteiger partial charge is 0.404 e. The first kappa shape index (κ1) is 20.7. The largest absolute Gasteiger partial charge is 0.573 e. The lowest BCUT2D eigenvalue weighted by molar-refractivity contribution is -0.274. The number of para-hydroxylation sites is 2. The molecule has 0 saturated heterocycles. The maximum absolute atomic E-state index is 12.7. The zero-order valence-corrected chi connectivity index (χ0v) is 14.4. The molecule has 1 aromatic heterocycles. The van der Waals surface area contributed by atoms with E-state index < -0.39 is 30.9 Å². The van der Waals surface area contributed by atoms with E-state index in [1.165, 1.54) is 30.3 Å². The highest BCUT2D eigenvalue weighted by molar-refractivity contribution is 7.16. The van der Waals surface area contributed by atoms with Gasteiger partial charge in [-0.3, -0.25) is 0 Å². The molecule has 0 fully saturated rings. The van der Waals surface area contributed by atoms with Crippen molar-refractivity contribution in [2.75, 3.05) is 11.4 Å². The van der Waals surface area contributed by atoms with Crippen LogP contribution in [0, 0.1) is 0 Å². The Balaban J connectivity index is 2.36. The SMILES string of the molecule is OC(CN(Cc1ccc(Cl)s1)c1ccccc1OC(F)(F)F)C(F)(F)F. The average molecular weight is 420 g/mol. The van der Waals surface area contributed by atoms with Crippen molar-refractivity contribution in [1.82, 2.24) is 0 Å². The lowest BCUT2D eigenvalue weighted by Crippen LogP contribution is -2.41. The summed E-state index contributed by atoms with van der Waals surface area (Å²) in [5, 5.41) is 9.37. The minimum absolute atomic E-state index is 0.192. The number of anilines is 1. The highest BCUT2D eigenvalue weighted by atomic mass is 35.5. The van der Waals surface area contributed by atoms with Crippen LogP contribution in [0.4, 0.5) is 32.0 Å². The van der Waals surface area contributed by atoms with Crippen LogP contribution >= 0.6 is 22.9 Å². The van der Waals surface area contributed by atoms with E-state index >= 15 is 0 Å². The van der Waals surface area contributed by atoms with Gasteiger partial charge in [-0.2, -0.15) is 13.2 Å². The van der Waals surface area contributed by atoms with Crippen LogP contribution in [-0.2, 0) is 6.54 Å². The topological polar surface area (TPSA) is 32.7 Å². The van der Waals surface area contributed by atoms with Gasteiger partial charge >= 0.3 is 12.5 Å². The summed E-state index contributed by atoms with van der Waals surface area (Å²) < 4.78 is 80.2. The Morgan fingerprint density at radius 3 is 2.27 bits per heavy atom. The van der Waals surface area contributed by atoms with Crippen molar-refractivity contribution in [2.45, 2.75) is 25.2 Å². The molecular weight excluding hydrogens is 408 g/mol. The molecule has 2 aromatic rings. The van der Waals surface area contributed by atoms with Crippen LogP contribution in [0.2, 0.25) is 4.34 Å². The van der Waals surface area contributed by atoms with Gasteiger partial charge in [-0.25, -0.2) is 0 Å². The monoisotopic (exact) mass is 419 g/mol. The van der Waals surface area contributed by atoms with Gasteiger partial charge in [-0.05, 0) is 24.3 Å². The Morgan fingerprint density at radius 1 is 1.08 bits per heavy atom. The average Bonchev–Trinajstić information content (AvgIpc) is 2.89. The molecule has 0 aliphatic carbocycles. The summed E-state index contributed by atoms with van der Waals surface area (Å²) in [7, 11) is 0. The van der Waals surface area contributed by atoms with Crippen molar-refractivity contribution in [3.63, 3.8) is 0 Å². The molecule has 1 atom stereocenters. The van der Waals surface area contributed by atoms with Gasteiger partial charge < -0.3 is 14.7 Å². The van der Waals surface area contributed by atoms with Crippen LogP contribution in [0.5, 0.6) is 5.75 Å². The molecule has 1 aromatic carbocycles. The van der Waals surface area contributed by atoms with Crippen LogP contribution in [0.25, 0.3) is 0 Å². The fourth-order valence-corrected chi connectivity index (χ4v) is 3.22. The predicted molar refractivity (Wildman–Crippen MR) is 85.6 cm³/mol. The number of aliphatic hydroxyl groups is 1. The van der Waals surface area contributed by atoms with E-state index in [-0.39, 0.29) is 12.2 Å². The molecule has 0 aliphatic rings. The predicted octanol–water partition coefficient (Wildman–Crippen LogP) is 5.23. The summed E-state index contributed by atoms with van der Waals surface area (Å²) in [6, 6.07) is 7.82. The Kier molecular flexibility index (Phi) is 6.30. The normalized spacial score (nSPS) is 13.5. The van der Waals surface area contributed by atoms with E-state index in [0.29, 0.717) is 9.21 Å². The van der Waals surface area contributed by atoms with Crippen LogP contribution in [0.15, 0.2) is 36.4 Å². The highest BCUT2D eigenvalue weighted by Gasteiger charge is 2.40. The number of alkyl halides is 6. The molecule has 1 N–H and O–H groups in total. The molecule has 11 heteroatoms. The van der Waals surface area contributed by atoms with Crippen molar-refractivity contribution in [1.29, 1.82) is 0 Å². The number of thiophene rings is 1. The lowest BCUT2D eigenvalue weighted by atomic mass is 10.2. The Morgan fingerprint density at radius 2 is 1.73 bits per heavy atom. The van der Waals surface area contributed by atoms with Gasteiger partial charge in [-0.1, -0.05) is 23.7 Å². The zero-order valence-electron chi connectivity index (χ0n) is 12.8. The van der Waals surface area contributed by atoms with Crippen molar-refractivity contribution in [3.8, 4) is 5.75 Å². The van der Waals surface area contributed by atoms with E-state index in [1.807, 2.05) is 0 Å². The molecule has 0 bridgehead atoms. The molecule has 0 amide bonds. The standard InChI is InChI=1S/C15H12ClF6NO2S/c16-13-6-5-9(26-13)7-23(8-12(24)14(17,18)19)10-3-1-2-4-11(10)25-15(20,21)22/h1-6,12,24H,7-8H2. The van der Waals surface area contributed by atoms with Crippen LogP contribution in [-0.4, -0.2) is 30.3 Å². The molecule has 0 aliphatic heterocycles. The molecule has 144 valence electrons. The fraction of sp³-hybridized carbons (Fsp3) is 0.333. The number of rotatable bonds is 6. The first-order valence-electron chi connectivity index (χ1n) is 7.04. The second kappa shape index (κ2) is 7.93. The van der Waals surface area contributed by atoms with Crippen molar-refractivity contribution in [2.24, 2.45) is 0 Å². The summed E-state index contributed by atoms with van der Waals surface area (Å²) in [6.07, 6.45) is -12.7. The van der Waals surface area contributed by atoms with E-state index in [4.69, 9.17) is 11.6 Å². The summed E-state index contributed by atoms with van der Waals surface area (Å²) in [4.78, 5) is 1.47. The van der Waals surface area contributed by atoms with Crippen molar-refractivity contribution >= 4 is 28.6 Å². The van der Waals surface area contributed by atoms with Crippen LogP contribution in [0.1, 0.15) is 4.88 Å². The second-order valence-electron chi connectivity index (χ2n) is 5.16. The summed E-state index contributed by atoms with van der Waals surface area (Å²) >= 11 is 6.85. The number of halogens is 7. The number of ether oxygens (including phenoxy) is 1. The number of nitrogens with zero attached hydrogens (tertiary/aromatic N) is 1. The van der Waals surface area contributed by atoms with E-state index in [0.717, 1.165) is 22.3 Å². The van der Waals surface area contributed by atoms with E-state index in [9.17, 15) is 31.4 Å². The van der Waals surface area contributed by atoms with Crippen LogP contribution in [0.3, 0.4) is 0 Å². The summed E-state index contributed by atoms with van der Waals surface area (Å²) in [6.45, 7) is -1.17. The first-order valence-corrected chi connectivity index (χ1v) is 8.24. The van der Waals surface area contributed by atoms with Gasteiger partial charge in [0.1, 0.15) is 0 Å². The lowest BCUT2D eigenvalue weighted by Gasteiger charge is -2.29. The maximum atomic E-state index is 12.7. The second-order valence-corrected chi connectivity index (χ2v) is 6.96. The van der Waals surface area contributed by atoms with Gasteiger partial charge in [0.2, 0.25) is 0 Å². The third-order valence-electron chi connectivity index (χ3n) is 3.18. The minimum Gasteiger partial charge on any atom is -0.404 e. The number of benzene rings is 1. The maximum Gasteiger partial charge on any atom is 0.573 e.